The molecule has 1 aromatic carbocycles. The molecule has 1 rings (SSSR count). The summed E-state index contributed by atoms with van der Waals surface area (Å²) in [4.78, 5) is 24.4. The van der Waals surface area contributed by atoms with Gasteiger partial charge in [-0.1, -0.05) is 6.92 Å². The highest BCUT2D eigenvalue weighted by atomic mass is 19.1. The zero-order valence-corrected chi connectivity index (χ0v) is 11.4. The molecule has 0 atom stereocenters. The predicted molar refractivity (Wildman–Crippen MR) is 71.0 cm³/mol. The summed E-state index contributed by atoms with van der Waals surface area (Å²) in [5.74, 6) is -3.45. The lowest BCUT2D eigenvalue weighted by Crippen LogP contribution is -2.39. The molecule has 0 radical (unpaired) electrons. The summed E-state index contributed by atoms with van der Waals surface area (Å²) in [7, 11) is 1.29. The highest BCUT2D eigenvalue weighted by molar-refractivity contribution is 5.97. The first-order chi connectivity index (χ1) is 9.38. The van der Waals surface area contributed by atoms with Crippen molar-refractivity contribution < 1.29 is 18.4 Å². The van der Waals surface area contributed by atoms with Crippen molar-refractivity contribution in [3.05, 3.63) is 29.3 Å². The van der Waals surface area contributed by atoms with Gasteiger partial charge in [0.15, 0.2) is 5.82 Å². The fraction of sp³-hybridized carbons (Fsp3) is 0.385. The lowest BCUT2D eigenvalue weighted by atomic mass is 10.1. The van der Waals surface area contributed by atoms with Gasteiger partial charge in [-0.15, -0.1) is 0 Å². The lowest BCUT2D eigenvalue weighted by Gasteiger charge is -2.17. The third kappa shape index (κ3) is 3.66. The van der Waals surface area contributed by atoms with E-state index in [2.05, 4.69) is 5.32 Å². The molecule has 3 N–H and O–H groups in total. The monoisotopic (exact) mass is 285 g/mol. The van der Waals surface area contributed by atoms with E-state index in [-0.39, 0.29) is 12.2 Å². The van der Waals surface area contributed by atoms with Crippen LogP contribution in [0.1, 0.15) is 23.7 Å². The third-order valence-electron chi connectivity index (χ3n) is 2.63. The van der Waals surface area contributed by atoms with Gasteiger partial charge in [-0.3, -0.25) is 9.59 Å². The van der Waals surface area contributed by atoms with Gasteiger partial charge < -0.3 is 16.0 Å². The standard InChI is InChI=1S/C13H17F2N3O2/c1-3-6-17-10(19)7-18(2)13(20)11-8(14)4-5-9(16)12(11)15/h4-5H,3,6-7,16H2,1-2H3,(H,17,19). The summed E-state index contributed by atoms with van der Waals surface area (Å²) in [6.45, 7) is 2.07. The van der Waals surface area contributed by atoms with E-state index in [9.17, 15) is 18.4 Å². The van der Waals surface area contributed by atoms with Gasteiger partial charge in [-0.25, -0.2) is 8.78 Å². The van der Waals surface area contributed by atoms with Crippen molar-refractivity contribution in [2.75, 3.05) is 25.9 Å². The molecule has 0 heterocycles. The maximum Gasteiger partial charge on any atom is 0.260 e. The molecule has 0 saturated carbocycles. The van der Waals surface area contributed by atoms with E-state index in [1.807, 2.05) is 6.92 Å². The number of nitrogens with one attached hydrogen (secondary N) is 1. The number of nitrogens with zero attached hydrogens (tertiary/aromatic N) is 1. The third-order valence-corrected chi connectivity index (χ3v) is 2.63. The fourth-order valence-corrected chi connectivity index (χ4v) is 1.56. The molecule has 2 amide bonds. The molecule has 0 aliphatic carbocycles. The number of likely N-dealkylation sites (N-methyl/N-ethyl adjacent to an activating group) is 1. The van der Waals surface area contributed by atoms with Gasteiger partial charge in [0.1, 0.15) is 11.4 Å². The average Bonchev–Trinajstić information content (AvgIpc) is 2.40. The molecule has 5 nitrogen and oxygen atoms in total. The molecular formula is C13H17F2N3O2. The summed E-state index contributed by atoms with van der Waals surface area (Å²) < 4.78 is 27.2. The second-order valence-corrected chi connectivity index (χ2v) is 4.34. The highest BCUT2D eigenvalue weighted by Gasteiger charge is 2.23. The molecule has 0 aromatic heterocycles. The van der Waals surface area contributed by atoms with Gasteiger partial charge in [-0.05, 0) is 18.6 Å². The van der Waals surface area contributed by atoms with Gasteiger partial charge >= 0.3 is 0 Å². The number of nitrogen functional groups attached to an aromatic ring is 1. The Labute approximate surface area is 115 Å². The zero-order valence-electron chi connectivity index (χ0n) is 11.4. The Bertz CT molecular complexity index is 521. The minimum absolute atomic E-state index is 0.285. The Balaban J connectivity index is 2.85. The topological polar surface area (TPSA) is 75.4 Å². The molecular weight excluding hydrogens is 268 g/mol. The number of benzene rings is 1. The molecule has 1 aromatic rings. The lowest BCUT2D eigenvalue weighted by molar-refractivity contribution is -0.121. The van der Waals surface area contributed by atoms with Crippen LogP contribution >= 0.6 is 0 Å². The van der Waals surface area contributed by atoms with E-state index in [4.69, 9.17) is 5.73 Å². The first-order valence-electron chi connectivity index (χ1n) is 6.14. The number of rotatable bonds is 5. The first-order valence-corrected chi connectivity index (χ1v) is 6.14. The van der Waals surface area contributed by atoms with Crippen LogP contribution in [-0.2, 0) is 4.79 Å². The van der Waals surface area contributed by atoms with Crippen molar-refractivity contribution in [1.29, 1.82) is 0 Å². The molecule has 0 unspecified atom stereocenters. The number of carbonyl (C=O) groups is 2. The predicted octanol–water partition coefficient (Wildman–Crippen LogP) is 1.15. The van der Waals surface area contributed by atoms with Gasteiger partial charge in [0.2, 0.25) is 5.91 Å². The van der Waals surface area contributed by atoms with Crippen molar-refractivity contribution >= 4 is 17.5 Å². The van der Waals surface area contributed by atoms with E-state index in [1.54, 1.807) is 0 Å². The number of anilines is 1. The molecule has 7 heteroatoms. The number of carbonyl (C=O) groups excluding carboxylic acids is 2. The number of halogens is 2. The van der Waals surface area contributed by atoms with Crippen molar-refractivity contribution in [2.24, 2.45) is 0 Å². The van der Waals surface area contributed by atoms with Crippen LogP contribution in [0.3, 0.4) is 0 Å². The Morgan fingerprint density at radius 3 is 2.60 bits per heavy atom. The van der Waals surface area contributed by atoms with Crippen molar-refractivity contribution in [3.8, 4) is 0 Å². The second kappa shape index (κ2) is 6.83. The largest absolute Gasteiger partial charge is 0.396 e. The smallest absolute Gasteiger partial charge is 0.260 e. The molecule has 0 saturated heterocycles. The summed E-state index contributed by atoms with van der Waals surface area (Å²) >= 11 is 0. The van der Waals surface area contributed by atoms with Crippen LogP contribution in [0.5, 0.6) is 0 Å². The van der Waals surface area contributed by atoms with Crippen LogP contribution in [-0.4, -0.2) is 36.9 Å². The van der Waals surface area contributed by atoms with Crippen LogP contribution in [0.4, 0.5) is 14.5 Å². The van der Waals surface area contributed by atoms with Gasteiger partial charge in [0.25, 0.3) is 5.91 Å². The summed E-state index contributed by atoms with van der Waals surface area (Å²) in [5, 5.41) is 2.57. The van der Waals surface area contributed by atoms with Crippen LogP contribution in [0.2, 0.25) is 0 Å². The fourth-order valence-electron chi connectivity index (χ4n) is 1.56. The van der Waals surface area contributed by atoms with Crippen molar-refractivity contribution in [2.45, 2.75) is 13.3 Å². The van der Waals surface area contributed by atoms with Gasteiger partial charge in [-0.2, -0.15) is 0 Å². The minimum Gasteiger partial charge on any atom is -0.396 e. The molecule has 0 bridgehead atoms. The SMILES string of the molecule is CCCNC(=O)CN(C)C(=O)c1c(F)ccc(N)c1F. The zero-order chi connectivity index (χ0) is 15.3. The normalized spacial score (nSPS) is 10.2. The maximum absolute atomic E-state index is 13.7. The molecule has 20 heavy (non-hydrogen) atoms. The van der Waals surface area contributed by atoms with E-state index < -0.39 is 29.0 Å². The van der Waals surface area contributed by atoms with E-state index in [0.29, 0.717) is 6.54 Å². The van der Waals surface area contributed by atoms with E-state index >= 15 is 0 Å². The Morgan fingerprint density at radius 2 is 2.00 bits per heavy atom. The summed E-state index contributed by atoms with van der Waals surface area (Å²) in [5.41, 5.74) is 4.23. The first kappa shape index (κ1) is 15.9. The number of hydrogen-bond acceptors (Lipinski definition) is 3. The van der Waals surface area contributed by atoms with Crippen LogP contribution in [0.15, 0.2) is 12.1 Å². The van der Waals surface area contributed by atoms with Gasteiger partial charge in [0, 0.05) is 13.6 Å². The second-order valence-electron chi connectivity index (χ2n) is 4.34. The van der Waals surface area contributed by atoms with Crippen LogP contribution < -0.4 is 11.1 Å². The van der Waals surface area contributed by atoms with Crippen LogP contribution in [0, 0.1) is 11.6 Å². The number of hydrogen-bond donors (Lipinski definition) is 2. The quantitative estimate of drug-likeness (QED) is 0.797. The molecule has 0 fully saturated rings. The van der Waals surface area contributed by atoms with Crippen molar-refractivity contribution in [3.63, 3.8) is 0 Å². The Hall–Kier alpha value is -2.18. The maximum atomic E-state index is 13.7. The summed E-state index contributed by atoms with van der Waals surface area (Å²) in [6, 6.07) is 1.95. The summed E-state index contributed by atoms with van der Waals surface area (Å²) in [6.07, 6.45) is 0.752. The van der Waals surface area contributed by atoms with E-state index in [0.717, 1.165) is 23.5 Å². The Morgan fingerprint density at radius 1 is 1.35 bits per heavy atom. The molecule has 0 aliphatic rings. The average molecular weight is 285 g/mol. The van der Waals surface area contributed by atoms with E-state index in [1.165, 1.54) is 7.05 Å². The Kier molecular flexibility index (Phi) is 5.42. The van der Waals surface area contributed by atoms with Gasteiger partial charge in [0.05, 0.1) is 12.2 Å². The molecule has 110 valence electrons. The highest BCUT2D eigenvalue weighted by Crippen LogP contribution is 2.19. The number of amides is 2. The van der Waals surface area contributed by atoms with Crippen molar-refractivity contribution in [1.82, 2.24) is 10.2 Å². The van der Waals surface area contributed by atoms with Crippen LogP contribution in [0.25, 0.3) is 0 Å². The number of nitrogens with two attached hydrogens (primary N) is 1. The molecule has 0 spiro atoms. The minimum atomic E-state index is -1.11. The molecule has 0 aliphatic heterocycles.